The predicted octanol–water partition coefficient (Wildman–Crippen LogP) is 1.08. The lowest BCUT2D eigenvalue weighted by molar-refractivity contribution is 0.411. The third-order valence-electron chi connectivity index (χ3n) is 3.95. The van der Waals surface area contributed by atoms with Crippen LogP contribution in [0.5, 0.6) is 5.75 Å². The summed E-state index contributed by atoms with van der Waals surface area (Å²) in [7, 11) is 1.60. The van der Waals surface area contributed by atoms with Crippen molar-refractivity contribution in [1.82, 2.24) is 9.55 Å². The summed E-state index contributed by atoms with van der Waals surface area (Å²) < 4.78 is 6.63. The van der Waals surface area contributed by atoms with Crippen molar-refractivity contribution < 1.29 is 4.74 Å². The largest absolute Gasteiger partial charge is 0.496 e. The number of nitrogens with zero attached hydrogens (tertiary/aromatic N) is 1. The van der Waals surface area contributed by atoms with E-state index in [1.165, 1.54) is 4.57 Å². The molecule has 0 aliphatic rings. The molecule has 0 amide bonds. The summed E-state index contributed by atoms with van der Waals surface area (Å²) in [6, 6.07) is 14.5. The van der Waals surface area contributed by atoms with Crippen molar-refractivity contribution in [2.75, 3.05) is 7.11 Å². The number of H-pyrrole nitrogens is 1. The fourth-order valence-electron chi connectivity index (χ4n) is 2.73. The van der Waals surface area contributed by atoms with E-state index in [9.17, 15) is 9.59 Å². The number of methoxy groups -OCH3 is 1. The molecule has 0 bridgehead atoms. The van der Waals surface area contributed by atoms with Crippen LogP contribution in [0.15, 0.2) is 58.1 Å². The number of rotatable bonds is 3. The number of nitrogens with one attached hydrogen (secondary N) is 1. The first-order valence-corrected chi connectivity index (χ1v) is 7.77. The first kappa shape index (κ1) is 16.5. The average Bonchev–Trinajstić information content (AvgIpc) is 2.59. The van der Waals surface area contributed by atoms with Crippen LogP contribution in [0.2, 0.25) is 0 Å². The van der Waals surface area contributed by atoms with Crippen LogP contribution in [0.25, 0.3) is 18.3 Å². The first-order chi connectivity index (χ1) is 12.0. The molecule has 126 valence electrons. The lowest BCUT2D eigenvalue weighted by Gasteiger charge is -2.07. The van der Waals surface area contributed by atoms with Gasteiger partial charge in [0, 0.05) is 0 Å². The Morgan fingerprint density at radius 3 is 2.48 bits per heavy atom. The standard InChI is InChI=1S/C20H18N2O3/c1-13-11-15(9-10-18(13)25-3)12-17-19(23)21-14(2)22(20(17)24)16-7-5-4-6-8-16/h4-12H,2H2,1,3H3,(H,21,23). The van der Waals surface area contributed by atoms with Crippen molar-refractivity contribution in [2.24, 2.45) is 0 Å². The Morgan fingerprint density at radius 1 is 1.12 bits per heavy atom. The molecule has 3 aromatic rings. The molecular weight excluding hydrogens is 316 g/mol. The third kappa shape index (κ3) is 3.17. The molecule has 0 aliphatic heterocycles. The Labute approximate surface area is 144 Å². The molecule has 2 aromatic carbocycles. The highest BCUT2D eigenvalue weighted by molar-refractivity contribution is 5.53. The number of aromatic nitrogens is 2. The van der Waals surface area contributed by atoms with Crippen LogP contribution in [-0.4, -0.2) is 16.7 Å². The van der Waals surface area contributed by atoms with Crippen LogP contribution in [-0.2, 0) is 0 Å². The van der Waals surface area contributed by atoms with E-state index in [0.29, 0.717) is 5.69 Å². The smallest absolute Gasteiger partial charge is 0.269 e. The molecule has 0 unspecified atom stereocenters. The van der Waals surface area contributed by atoms with E-state index in [2.05, 4.69) is 11.6 Å². The Kier molecular flexibility index (Phi) is 4.39. The van der Waals surface area contributed by atoms with E-state index >= 15 is 0 Å². The molecule has 0 saturated carbocycles. The van der Waals surface area contributed by atoms with Crippen molar-refractivity contribution in [2.45, 2.75) is 6.92 Å². The molecule has 1 N–H and O–H groups in total. The molecular formula is C20H18N2O3. The molecule has 3 rings (SSSR count). The first-order valence-electron chi connectivity index (χ1n) is 7.77. The van der Waals surface area contributed by atoms with Crippen molar-refractivity contribution >= 4 is 12.7 Å². The molecule has 5 nitrogen and oxygen atoms in total. The quantitative estimate of drug-likeness (QED) is 0.780. The van der Waals surface area contributed by atoms with Crippen molar-refractivity contribution in [3.63, 3.8) is 0 Å². The summed E-state index contributed by atoms with van der Waals surface area (Å²) in [5, 5.41) is 0.0563. The number of benzene rings is 2. The van der Waals surface area contributed by atoms with Crippen LogP contribution in [0.3, 0.4) is 0 Å². The van der Waals surface area contributed by atoms with Gasteiger partial charge in [-0.25, -0.2) is 0 Å². The number of para-hydroxylation sites is 1. The lowest BCUT2D eigenvalue weighted by Crippen LogP contribution is -2.52. The van der Waals surface area contributed by atoms with Crippen LogP contribution >= 0.6 is 0 Å². The second-order valence-corrected chi connectivity index (χ2v) is 5.66. The summed E-state index contributed by atoms with van der Waals surface area (Å²) in [5.74, 6) is 0.751. The molecule has 1 aromatic heterocycles. The number of hydrogen-bond acceptors (Lipinski definition) is 3. The zero-order valence-corrected chi connectivity index (χ0v) is 14.1. The van der Waals surface area contributed by atoms with Gasteiger partial charge in [-0.05, 0) is 48.4 Å². The molecule has 0 aliphatic carbocycles. The summed E-state index contributed by atoms with van der Waals surface area (Å²) in [6.45, 7) is 5.68. The van der Waals surface area contributed by atoms with E-state index in [4.69, 9.17) is 4.74 Å². The Balaban J connectivity index is 2.28. The van der Waals surface area contributed by atoms with Crippen molar-refractivity contribution in [3.05, 3.63) is 91.1 Å². The fraction of sp³-hybridized carbons (Fsp3) is 0.100. The number of aromatic amines is 1. The maximum atomic E-state index is 12.9. The normalized spacial score (nSPS) is 11.5. The van der Waals surface area contributed by atoms with Crippen LogP contribution < -0.4 is 26.6 Å². The van der Waals surface area contributed by atoms with Crippen LogP contribution in [0.1, 0.15) is 11.1 Å². The van der Waals surface area contributed by atoms with Gasteiger partial charge < -0.3 is 9.72 Å². The molecule has 0 saturated heterocycles. The van der Waals surface area contributed by atoms with Crippen LogP contribution in [0.4, 0.5) is 0 Å². The topological polar surface area (TPSA) is 64.1 Å². The fourth-order valence-corrected chi connectivity index (χ4v) is 2.73. The molecule has 0 atom stereocenters. The van der Waals surface area contributed by atoms with Gasteiger partial charge in [-0.1, -0.05) is 30.8 Å². The zero-order chi connectivity index (χ0) is 18.0. The van der Waals surface area contributed by atoms with Gasteiger partial charge >= 0.3 is 0 Å². The van der Waals surface area contributed by atoms with Crippen molar-refractivity contribution in [1.29, 1.82) is 0 Å². The van der Waals surface area contributed by atoms with Gasteiger partial charge in [0.25, 0.3) is 11.1 Å². The van der Waals surface area contributed by atoms with E-state index in [1.54, 1.807) is 37.5 Å². The van der Waals surface area contributed by atoms with Gasteiger partial charge in [-0.3, -0.25) is 14.2 Å². The Bertz CT molecular complexity index is 1140. The number of aryl methyl sites for hydroxylation is 1. The minimum atomic E-state index is -0.462. The minimum Gasteiger partial charge on any atom is -0.496 e. The van der Waals surface area contributed by atoms with Gasteiger partial charge in [0.2, 0.25) is 0 Å². The highest BCUT2D eigenvalue weighted by Crippen LogP contribution is 2.18. The lowest BCUT2D eigenvalue weighted by atomic mass is 10.1. The SMILES string of the molecule is C=c1[nH]c(=O)c(=Cc2ccc(OC)c(C)c2)c(=O)n1-c1ccccc1. The van der Waals surface area contributed by atoms with Gasteiger partial charge in [-0.2, -0.15) is 0 Å². The molecule has 1 heterocycles. The molecule has 0 radical (unpaired) electrons. The Hall–Kier alpha value is -3.34. The number of ether oxygens (including phenoxy) is 1. The summed E-state index contributed by atoms with van der Waals surface area (Å²) in [6.07, 6.45) is 1.58. The second kappa shape index (κ2) is 6.65. The highest BCUT2D eigenvalue weighted by Gasteiger charge is 2.06. The van der Waals surface area contributed by atoms with E-state index in [-0.39, 0.29) is 10.7 Å². The molecule has 25 heavy (non-hydrogen) atoms. The average molecular weight is 334 g/mol. The maximum absolute atomic E-state index is 12.9. The van der Waals surface area contributed by atoms with Crippen molar-refractivity contribution in [3.8, 4) is 11.4 Å². The predicted molar refractivity (Wildman–Crippen MR) is 98.7 cm³/mol. The van der Waals surface area contributed by atoms with Gasteiger partial charge in [-0.15, -0.1) is 0 Å². The van der Waals surface area contributed by atoms with Crippen LogP contribution in [0, 0.1) is 6.92 Å². The summed E-state index contributed by atoms with van der Waals surface area (Å²) in [4.78, 5) is 27.8. The summed E-state index contributed by atoms with van der Waals surface area (Å²) >= 11 is 0. The second-order valence-electron chi connectivity index (χ2n) is 5.66. The maximum Gasteiger partial charge on any atom is 0.269 e. The molecule has 0 spiro atoms. The van der Waals surface area contributed by atoms with Gasteiger partial charge in [0.15, 0.2) is 0 Å². The summed E-state index contributed by atoms with van der Waals surface area (Å²) in [5.41, 5.74) is 1.69. The van der Waals surface area contributed by atoms with E-state index < -0.39 is 11.1 Å². The third-order valence-corrected chi connectivity index (χ3v) is 3.95. The van der Waals surface area contributed by atoms with Gasteiger partial charge in [0.05, 0.1) is 12.8 Å². The highest BCUT2D eigenvalue weighted by atomic mass is 16.5. The minimum absolute atomic E-state index is 0.0563. The van der Waals surface area contributed by atoms with E-state index in [1.807, 2.05) is 31.2 Å². The molecule has 5 heteroatoms. The monoisotopic (exact) mass is 334 g/mol. The number of hydrogen-bond donors (Lipinski definition) is 1. The molecule has 0 fully saturated rings. The zero-order valence-electron chi connectivity index (χ0n) is 14.1. The van der Waals surface area contributed by atoms with E-state index in [0.717, 1.165) is 16.9 Å². The van der Waals surface area contributed by atoms with Gasteiger partial charge in [0.1, 0.15) is 16.4 Å². The Morgan fingerprint density at radius 2 is 1.84 bits per heavy atom.